The molecule has 3 aliphatic heterocycles. The number of amides is 4. The molecule has 4 rings (SSSR count). The fourth-order valence-electron chi connectivity index (χ4n) is 7.38. The molecule has 1 aliphatic carbocycles. The van der Waals surface area contributed by atoms with E-state index in [9.17, 15) is 19.2 Å². The zero-order valence-electron chi connectivity index (χ0n) is 23.8. The highest BCUT2D eigenvalue weighted by Gasteiger charge is 2.60. The van der Waals surface area contributed by atoms with E-state index in [4.69, 9.17) is 5.41 Å². The van der Waals surface area contributed by atoms with E-state index in [1.54, 1.807) is 4.90 Å². The van der Waals surface area contributed by atoms with Crippen molar-refractivity contribution in [2.45, 2.75) is 104 Å². The Kier molecular flexibility index (Phi) is 8.24. The zero-order chi connectivity index (χ0) is 27.8. The Hall–Kier alpha value is -2.45. The molecular weight excluding hydrogens is 482 g/mol. The summed E-state index contributed by atoms with van der Waals surface area (Å²) < 4.78 is 0. The molecule has 212 valence electrons. The topological polar surface area (TPSA) is 131 Å². The molecule has 0 radical (unpaired) electrons. The molecule has 0 aromatic rings. The molecule has 9 heteroatoms. The molecule has 4 fully saturated rings. The minimum atomic E-state index is -0.673. The average molecular weight is 530 g/mol. The lowest BCUT2D eigenvalue weighted by atomic mass is 9.55. The van der Waals surface area contributed by atoms with Crippen molar-refractivity contribution in [3.8, 4) is 0 Å². The molecule has 4 N–H and O–H groups in total. The van der Waals surface area contributed by atoms with Crippen molar-refractivity contribution in [2.75, 3.05) is 13.1 Å². The van der Waals surface area contributed by atoms with Crippen LogP contribution in [0.1, 0.15) is 86.0 Å². The maximum Gasteiger partial charge on any atom is 0.245 e. The van der Waals surface area contributed by atoms with Gasteiger partial charge < -0.3 is 26.3 Å². The van der Waals surface area contributed by atoms with E-state index in [-0.39, 0.29) is 58.1 Å². The fourth-order valence-corrected chi connectivity index (χ4v) is 7.38. The van der Waals surface area contributed by atoms with Crippen molar-refractivity contribution in [1.29, 1.82) is 5.41 Å². The molecule has 9 nitrogen and oxygen atoms in total. The van der Waals surface area contributed by atoms with Crippen LogP contribution in [-0.4, -0.2) is 66.0 Å². The highest BCUT2D eigenvalue weighted by Crippen LogP contribution is 2.57. The molecule has 3 saturated heterocycles. The number of carbonyl (C=O) groups is 4. The quantitative estimate of drug-likeness (QED) is 0.419. The molecule has 7 atom stereocenters. The van der Waals surface area contributed by atoms with Crippen LogP contribution >= 0.6 is 0 Å². The van der Waals surface area contributed by atoms with E-state index in [2.05, 4.69) is 29.8 Å². The number of fused-ring (bicyclic) bond motifs is 4. The van der Waals surface area contributed by atoms with Crippen LogP contribution < -0.4 is 16.0 Å². The smallest absolute Gasteiger partial charge is 0.245 e. The molecule has 38 heavy (non-hydrogen) atoms. The number of nitrogens with one attached hydrogen (secondary N) is 4. The van der Waals surface area contributed by atoms with E-state index in [0.717, 1.165) is 32.1 Å². The minimum Gasteiger partial charge on any atom is -0.356 e. The van der Waals surface area contributed by atoms with Gasteiger partial charge in [-0.15, -0.1) is 0 Å². The Labute approximate surface area is 227 Å². The highest BCUT2D eigenvalue weighted by molar-refractivity contribution is 5.94. The maximum absolute atomic E-state index is 14.0. The first kappa shape index (κ1) is 28.6. The second-order valence-electron chi connectivity index (χ2n) is 14.0. The van der Waals surface area contributed by atoms with Gasteiger partial charge in [0.25, 0.3) is 0 Å². The Morgan fingerprint density at radius 1 is 1.13 bits per heavy atom. The minimum absolute atomic E-state index is 0.000223. The Morgan fingerprint density at radius 2 is 1.84 bits per heavy atom. The van der Waals surface area contributed by atoms with Crippen LogP contribution in [0.5, 0.6) is 0 Å². The van der Waals surface area contributed by atoms with Crippen molar-refractivity contribution in [3.63, 3.8) is 0 Å². The number of hydrogen-bond acceptors (Lipinski definition) is 5. The summed E-state index contributed by atoms with van der Waals surface area (Å²) in [5.41, 5.74) is -0.160. The predicted octanol–water partition coefficient (Wildman–Crippen LogP) is 2.63. The van der Waals surface area contributed by atoms with Gasteiger partial charge in [0, 0.05) is 31.6 Å². The van der Waals surface area contributed by atoms with E-state index >= 15 is 0 Å². The third kappa shape index (κ3) is 6.07. The third-order valence-electron chi connectivity index (χ3n) is 9.37. The second kappa shape index (κ2) is 11.0. The normalized spacial score (nSPS) is 35.9. The standard InChI is InChI=1S/C29H47N5O4/c1-28(2,3)14-23(35)33-22-9-7-6-8-17-10-11-31-25(36)19(17)12-18(15-30)32-26(37)24-20-13-29(4,5)21(20)16-34(24)27(22)38/h15,17-22,24,30H,6-14,16H2,1-5H3,(H,31,36)(H,32,37)(H,33,35)/t17-,18-,19-,20-,21-,22-,24-/m0/s1. The molecule has 0 aromatic heterocycles. The number of rotatable bonds is 3. The van der Waals surface area contributed by atoms with Crippen LogP contribution in [0.4, 0.5) is 0 Å². The van der Waals surface area contributed by atoms with Crippen LogP contribution in [0, 0.1) is 39.9 Å². The van der Waals surface area contributed by atoms with Crippen molar-refractivity contribution < 1.29 is 19.2 Å². The Morgan fingerprint density at radius 3 is 2.50 bits per heavy atom. The van der Waals surface area contributed by atoms with Crippen LogP contribution in [0.2, 0.25) is 0 Å². The summed E-state index contributed by atoms with van der Waals surface area (Å²) in [6, 6.07) is -1.86. The molecule has 1 saturated carbocycles. The summed E-state index contributed by atoms with van der Waals surface area (Å²) in [6.07, 6.45) is 6.64. The lowest BCUT2D eigenvalue weighted by Gasteiger charge is -2.48. The monoisotopic (exact) mass is 529 g/mol. The van der Waals surface area contributed by atoms with Crippen molar-refractivity contribution in [3.05, 3.63) is 0 Å². The van der Waals surface area contributed by atoms with Gasteiger partial charge in [-0.3, -0.25) is 19.2 Å². The maximum atomic E-state index is 14.0. The average Bonchev–Trinajstić information content (AvgIpc) is 3.15. The van der Waals surface area contributed by atoms with E-state index in [0.29, 0.717) is 32.4 Å². The van der Waals surface area contributed by atoms with Gasteiger partial charge in [-0.25, -0.2) is 0 Å². The summed E-state index contributed by atoms with van der Waals surface area (Å²) >= 11 is 0. The van der Waals surface area contributed by atoms with Gasteiger partial charge in [-0.2, -0.15) is 0 Å². The van der Waals surface area contributed by atoms with E-state index in [1.165, 1.54) is 6.21 Å². The zero-order valence-corrected chi connectivity index (χ0v) is 23.8. The summed E-state index contributed by atoms with van der Waals surface area (Å²) in [7, 11) is 0. The van der Waals surface area contributed by atoms with Crippen LogP contribution in [0.3, 0.4) is 0 Å². The highest BCUT2D eigenvalue weighted by atomic mass is 16.2. The van der Waals surface area contributed by atoms with Crippen LogP contribution in [-0.2, 0) is 19.2 Å². The Balaban J connectivity index is 1.62. The SMILES string of the molecule is CC(C)(C)CC(=O)N[C@H]1CCCC[C@H]2CCNC(=O)[C@H]2C[C@@H](C=N)NC(=O)[C@@H]2[C@H]3CC(C)(C)[C@H]3CN2C1=O. The summed E-state index contributed by atoms with van der Waals surface area (Å²) in [5, 5.41) is 17.0. The summed E-state index contributed by atoms with van der Waals surface area (Å²) in [6.45, 7) is 11.5. The number of nitrogens with zero attached hydrogens (tertiary/aromatic N) is 1. The molecule has 4 aliphatic rings. The van der Waals surface area contributed by atoms with Gasteiger partial charge in [0.05, 0.1) is 6.04 Å². The van der Waals surface area contributed by atoms with Gasteiger partial charge in [0.15, 0.2) is 0 Å². The van der Waals surface area contributed by atoms with Crippen molar-refractivity contribution in [2.24, 2.45) is 34.5 Å². The van der Waals surface area contributed by atoms with Gasteiger partial charge in [0.1, 0.15) is 12.1 Å². The Bertz CT molecular complexity index is 957. The summed E-state index contributed by atoms with van der Waals surface area (Å²) in [4.78, 5) is 55.2. The van der Waals surface area contributed by atoms with E-state index in [1.807, 2.05) is 20.8 Å². The number of carbonyl (C=O) groups excluding carboxylic acids is 4. The molecule has 4 amide bonds. The molecule has 0 bridgehead atoms. The first-order valence-electron chi connectivity index (χ1n) is 14.5. The predicted molar refractivity (Wildman–Crippen MR) is 145 cm³/mol. The number of hydrogen-bond donors (Lipinski definition) is 4. The number of piperidine rings is 1. The first-order chi connectivity index (χ1) is 17.8. The largest absolute Gasteiger partial charge is 0.356 e. The van der Waals surface area contributed by atoms with Crippen LogP contribution in [0.15, 0.2) is 0 Å². The molecule has 0 unspecified atom stereocenters. The molecule has 0 spiro atoms. The first-order valence-corrected chi connectivity index (χ1v) is 14.5. The second-order valence-corrected chi connectivity index (χ2v) is 14.0. The van der Waals surface area contributed by atoms with Gasteiger partial charge in [-0.05, 0) is 60.7 Å². The van der Waals surface area contributed by atoms with Gasteiger partial charge in [-0.1, -0.05) is 47.5 Å². The third-order valence-corrected chi connectivity index (χ3v) is 9.37. The lowest BCUT2D eigenvalue weighted by Crippen LogP contribution is -2.57. The molecular formula is C29H47N5O4. The van der Waals surface area contributed by atoms with Crippen LogP contribution in [0.25, 0.3) is 0 Å². The van der Waals surface area contributed by atoms with E-state index < -0.39 is 18.1 Å². The lowest BCUT2D eigenvalue weighted by molar-refractivity contribution is -0.143. The van der Waals surface area contributed by atoms with Gasteiger partial charge >= 0.3 is 0 Å². The molecule has 3 heterocycles. The van der Waals surface area contributed by atoms with Crippen molar-refractivity contribution >= 4 is 29.8 Å². The van der Waals surface area contributed by atoms with Gasteiger partial charge in [0.2, 0.25) is 23.6 Å². The molecule has 0 aromatic carbocycles. The fraction of sp³-hybridized carbons (Fsp3) is 0.828. The van der Waals surface area contributed by atoms with Crippen molar-refractivity contribution in [1.82, 2.24) is 20.9 Å². The summed E-state index contributed by atoms with van der Waals surface area (Å²) in [5.74, 6) is -0.363.